The molecule has 0 aromatic heterocycles. The monoisotopic (exact) mass is 626 g/mol. The van der Waals surface area contributed by atoms with Gasteiger partial charge in [0.05, 0.1) is 48.2 Å². The first-order chi connectivity index (χ1) is 22.1. The molecule has 2 heterocycles. The Morgan fingerprint density at radius 3 is 2.02 bits per heavy atom. The number of piperazine rings is 1. The topological polar surface area (TPSA) is 134 Å². The number of quaternary nitrogens is 1. The first kappa shape index (κ1) is 32.6. The molecule has 1 atom stereocenters. The zero-order valence-corrected chi connectivity index (χ0v) is 26.2. The van der Waals surface area contributed by atoms with Crippen LogP contribution in [0.4, 0.5) is 5.69 Å². The van der Waals surface area contributed by atoms with Gasteiger partial charge in [0, 0.05) is 36.6 Å². The van der Waals surface area contributed by atoms with Gasteiger partial charge in [0.2, 0.25) is 0 Å². The molecular formula is C35H38N4O7. The molecule has 2 aliphatic heterocycles. The predicted octanol–water partition coefficient (Wildman–Crippen LogP) is 4.97. The van der Waals surface area contributed by atoms with Gasteiger partial charge in [-0.05, 0) is 30.5 Å². The van der Waals surface area contributed by atoms with Gasteiger partial charge in [0.1, 0.15) is 13.2 Å². The van der Waals surface area contributed by atoms with E-state index in [4.69, 9.17) is 9.47 Å². The summed E-state index contributed by atoms with van der Waals surface area (Å²) in [7, 11) is 1.23. The van der Waals surface area contributed by atoms with Crippen molar-refractivity contribution in [3.8, 4) is 0 Å². The Labute approximate surface area is 268 Å². The third-order valence-corrected chi connectivity index (χ3v) is 8.72. The largest absolute Gasteiger partial charge is 0.633 e. The fourth-order valence-corrected chi connectivity index (χ4v) is 6.39. The summed E-state index contributed by atoms with van der Waals surface area (Å²) in [5.41, 5.74) is 3.69. The molecule has 46 heavy (non-hydrogen) atoms. The van der Waals surface area contributed by atoms with Crippen molar-refractivity contribution in [3.63, 3.8) is 0 Å². The van der Waals surface area contributed by atoms with Gasteiger partial charge in [-0.15, -0.1) is 0 Å². The zero-order chi connectivity index (χ0) is 32.8. The zero-order valence-electron chi connectivity index (χ0n) is 26.2. The van der Waals surface area contributed by atoms with Gasteiger partial charge in [-0.25, -0.2) is 9.59 Å². The Kier molecular flexibility index (Phi) is 9.96. The maximum atomic E-state index is 13.8. The van der Waals surface area contributed by atoms with Crippen LogP contribution in [0.15, 0.2) is 107 Å². The first-order valence-electron chi connectivity index (χ1n) is 15.2. The van der Waals surface area contributed by atoms with Gasteiger partial charge in [0.15, 0.2) is 0 Å². The molecule has 0 radical (unpaired) electrons. The fraction of sp³-hybridized carbons (Fsp3) is 0.314. The molecule has 1 N–H and O–H groups in total. The summed E-state index contributed by atoms with van der Waals surface area (Å²) in [6.07, 6.45) is 0. The number of hydrogen-bond donors (Lipinski definition) is 1. The van der Waals surface area contributed by atoms with Gasteiger partial charge in [-0.3, -0.25) is 15.0 Å². The summed E-state index contributed by atoms with van der Waals surface area (Å²) >= 11 is 0. The van der Waals surface area contributed by atoms with Gasteiger partial charge in [-0.2, -0.15) is 0 Å². The minimum absolute atomic E-state index is 0.0222. The lowest BCUT2D eigenvalue weighted by Gasteiger charge is -2.49. The maximum absolute atomic E-state index is 13.8. The van der Waals surface area contributed by atoms with E-state index < -0.39 is 27.4 Å². The number of nitro groups is 1. The van der Waals surface area contributed by atoms with E-state index in [0.29, 0.717) is 43.1 Å². The van der Waals surface area contributed by atoms with Gasteiger partial charge < -0.3 is 24.6 Å². The van der Waals surface area contributed by atoms with E-state index >= 15 is 0 Å². The molecule has 5 rings (SSSR count). The molecule has 0 unspecified atom stereocenters. The number of carbonyl (C=O) groups is 2. The summed E-state index contributed by atoms with van der Waals surface area (Å²) < 4.78 is 10.2. The quantitative estimate of drug-likeness (QED) is 0.109. The van der Waals surface area contributed by atoms with Crippen LogP contribution in [0.1, 0.15) is 42.5 Å². The second-order valence-electron chi connectivity index (χ2n) is 11.6. The number of nitro benzene ring substituents is 1. The first-order valence-corrected chi connectivity index (χ1v) is 15.2. The molecule has 2 aliphatic rings. The number of nitrogens with zero attached hydrogens (tertiary/aromatic N) is 3. The van der Waals surface area contributed by atoms with E-state index in [-0.39, 0.29) is 36.0 Å². The Hall–Kier alpha value is -4.84. The molecule has 0 bridgehead atoms. The highest BCUT2D eigenvalue weighted by Gasteiger charge is 2.39. The highest BCUT2D eigenvalue weighted by Crippen LogP contribution is 2.40. The van der Waals surface area contributed by atoms with Crippen LogP contribution in [0.25, 0.3) is 0 Å². The van der Waals surface area contributed by atoms with Crippen LogP contribution >= 0.6 is 0 Å². The van der Waals surface area contributed by atoms with Crippen molar-refractivity contribution in [3.05, 3.63) is 139 Å². The molecule has 0 saturated carbocycles. The van der Waals surface area contributed by atoms with Crippen molar-refractivity contribution in [1.29, 1.82) is 0 Å². The average Bonchev–Trinajstić information content (AvgIpc) is 3.06. The van der Waals surface area contributed by atoms with E-state index in [2.05, 4.69) is 34.5 Å². The highest BCUT2D eigenvalue weighted by molar-refractivity contribution is 5.99. The van der Waals surface area contributed by atoms with E-state index in [1.807, 2.05) is 36.4 Å². The number of methoxy groups -OCH3 is 1. The highest BCUT2D eigenvalue weighted by atomic mass is 16.6. The Bertz CT molecular complexity index is 1610. The van der Waals surface area contributed by atoms with E-state index in [0.717, 1.165) is 11.1 Å². The summed E-state index contributed by atoms with van der Waals surface area (Å²) in [5.74, 6) is -2.35. The van der Waals surface area contributed by atoms with Crippen molar-refractivity contribution in [2.24, 2.45) is 0 Å². The molecule has 1 fully saturated rings. The Balaban J connectivity index is 1.29. The fourth-order valence-electron chi connectivity index (χ4n) is 6.39. The predicted molar refractivity (Wildman–Crippen MR) is 172 cm³/mol. The van der Waals surface area contributed by atoms with E-state index in [1.54, 1.807) is 19.9 Å². The van der Waals surface area contributed by atoms with Crippen molar-refractivity contribution >= 4 is 17.6 Å². The number of nitrogens with one attached hydrogen (secondary N) is 1. The van der Waals surface area contributed by atoms with Crippen LogP contribution in [0.5, 0.6) is 0 Å². The van der Waals surface area contributed by atoms with E-state index in [1.165, 1.54) is 25.3 Å². The molecular weight excluding hydrogens is 588 g/mol. The average molecular weight is 627 g/mol. The molecule has 3 aromatic rings. The summed E-state index contributed by atoms with van der Waals surface area (Å²) in [6, 6.07) is 26.3. The maximum Gasteiger partial charge on any atom is 0.336 e. The third kappa shape index (κ3) is 7.02. The number of carbonyl (C=O) groups excluding carboxylic acids is 2. The minimum atomic E-state index is -0.965. The van der Waals surface area contributed by atoms with E-state index in [9.17, 15) is 24.9 Å². The number of ether oxygens (including phenoxy) is 2. The van der Waals surface area contributed by atoms with Crippen molar-refractivity contribution in [2.45, 2.75) is 25.8 Å². The number of hydroxylamine groups is 3. The van der Waals surface area contributed by atoms with Crippen LogP contribution in [0.3, 0.4) is 0 Å². The number of rotatable bonds is 10. The summed E-state index contributed by atoms with van der Waals surface area (Å²) in [5, 5.41) is 28.3. The lowest BCUT2D eigenvalue weighted by Crippen LogP contribution is -2.57. The van der Waals surface area contributed by atoms with Crippen molar-refractivity contribution in [1.82, 2.24) is 10.2 Å². The van der Waals surface area contributed by atoms with Gasteiger partial charge >= 0.3 is 11.9 Å². The number of hydrogen-bond acceptors (Lipinski definition) is 9. The molecule has 11 heteroatoms. The third-order valence-electron chi connectivity index (χ3n) is 8.72. The Morgan fingerprint density at radius 1 is 0.913 bits per heavy atom. The Morgan fingerprint density at radius 2 is 1.48 bits per heavy atom. The second-order valence-corrected chi connectivity index (χ2v) is 11.6. The normalized spacial score (nSPS) is 18.2. The van der Waals surface area contributed by atoms with Crippen LogP contribution in [-0.2, 0) is 19.1 Å². The number of dihydropyridines is 1. The van der Waals surface area contributed by atoms with Crippen LogP contribution < -0.4 is 5.32 Å². The number of allylic oxidation sites excluding steroid dienone is 2. The standard InChI is InChI=1S/C35H38N4O7/c1-24-30(34(40)45-3)32(28-15-10-16-29(23-28)38(42)43)31(25(2)36-24)35(41)46-22-21-39(44)19-17-37(18-20-39)33(26-11-6-4-7-12-26)27-13-8-5-9-14-27/h4-16,23,32-33,36H,17-22H2,1-3H3/t32-/m1/s1. The number of esters is 2. The molecule has 0 amide bonds. The van der Waals surface area contributed by atoms with Crippen molar-refractivity contribution < 1.29 is 28.6 Å². The second kappa shape index (κ2) is 14.1. The number of benzene rings is 3. The lowest BCUT2D eigenvalue weighted by molar-refractivity contribution is -0.885. The minimum Gasteiger partial charge on any atom is -0.633 e. The summed E-state index contributed by atoms with van der Waals surface area (Å²) in [6.45, 7) is 5.10. The van der Waals surface area contributed by atoms with Gasteiger partial charge in [0.25, 0.3) is 5.69 Å². The van der Waals surface area contributed by atoms with Crippen LogP contribution in [-0.4, -0.2) is 72.8 Å². The smallest absolute Gasteiger partial charge is 0.336 e. The molecule has 0 aliphatic carbocycles. The number of non-ortho nitro benzene ring substituents is 1. The lowest BCUT2D eigenvalue weighted by atomic mass is 9.80. The van der Waals surface area contributed by atoms with Crippen LogP contribution in [0.2, 0.25) is 0 Å². The van der Waals surface area contributed by atoms with Crippen LogP contribution in [0, 0.1) is 15.3 Å². The van der Waals surface area contributed by atoms with Gasteiger partial charge in [-0.1, -0.05) is 72.8 Å². The molecule has 1 saturated heterocycles. The molecule has 11 nitrogen and oxygen atoms in total. The SMILES string of the molecule is COC(=O)C1=C(C)NC(C)=C(C(=O)OCC[N+]2([O-])CCN(C(c3ccccc3)c3ccccc3)CC2)[C@@H]1c1cccc([N+](=O)[O-])c1. The molecule has 240 valence electrons. The van der Waals surface area contributed by atoms with Crippen molar-refractivity contribution in [2.75, 3.05) is 46.4 Å². The molecule has 0 spiro atoms. The molecule has 3 aromatic carbocycles. The summed E-state index contributed by atoms with van der Waals surface area (Å²) in [4.78, 5) is 39.8.